The highest BCUT2D eigenvalue weighted by molar-refractivity contribution is 5.99. The van der Waals surface area contributed by atoms with Crippen molar-refractivity contribution in [3.05, 3.63) is 52.7 Å². The maximum atomic E-state index is 13.6. The Morgan fingerprint density at radius 1 is 1.32 bits per heavy atom. The Bertz CT molecular complexity index is 1030. The van der Waals surface area contributed by atoms with Crippen LogP contribution in [-0.2, 0) is 11.0 Å². The van der Waals surface area contributed by atoms with Gasteiger partial charge in [0.1, 0.15) is 23.5 Å². The first kappa shape index (κ1) is 22.6. The first-order valence-electron chi connectivity index (χ1n) is 9.85. The second-order valence-corrected chi connectivity index (χ2v) is 7.68. The smallest absolute Gasteiger partial charge is 0.342 e. The summed E-state index contributed by atoms with van der Waals surface area (Å²) in [5.74, 6) is -0.397. The van der Waals surface area contributed by atoms with Gasteiger partial charge in [0, 0.05) is 31.0 Å². The predicted octanol–water partition coefficient (Wildman–Crippen LogP) is 3.42. The number of pyridine rings is 1. The largest absolute Gasteiger partial charge is 0.417 e. The number of nitrogens with zero attached hydrogens (tertiary/aromatic N) is 4. The zero-order valence-corrected chi connectivity index (χ0v) is 17.8. The minimum atomic E-state index is -4.70. The minimum absolute atomic E-state index is 0.108. The maximum Gasteiger partial charge on any atom is 0.417 e. The van der Waals surface area contributed by atoms with Crippen molar-refractivity contribution >= 4 is 17.4 Å². The third-order valence-corrected chi connectivity index (χ3v) is 5.56. The van der Waals surface area contributed by atoms with Crippen LogP contribution in [0.1, 0.15) is 28.8 Å². The van der Waals surface area contributed by atoms with E-state index >= 15 is 0 Å². The van der Waals surface area contributed by atoms with Gasteiger partial charge in [0.2, 0.25) is 0 Å². The van der Waals surface area contributed by atoms with Crippen molar-refractivity contribution in [3.63, 3.8) is 0 Å². The van der Waals surface area contributed by atoms with E-state index in [0.29, 0.717) is 18.7 Å². The number of anilines is 2. The molecule has 1 aromatic heterocycles. The third kappa shape index (κ3) is 4.35. The number of carbonyl (C=O) groups excluding carboxylic acids is 1. The van der Waals surface area contributed by atoms with Gasteiger partial charge in [-0.25, -0.2) is 4.98 Å². The number of alkyl halides is 3. The second-order valence-electron chi connectivity index (χ2n) is 7.68. The minimum Gasteiger partial charge on any atom is -0.342 e. The van der Waals surface area contributed by atoms with E-state index < -0.39 is 23.3 Å². The fourth-order valence-electron chi connectivity index (χ4n) is 4.00. The van der Waals surface area contributed by atoms with Gasteiger partial charge in [-0.05, 0) is 51.1 Å². The molecule has 164 valence electrons. The molecule has 1 aromatic carbocycles. The molecule has 9 heteroatoms. The van der Waals surface area contributed by atoms with Crippen molar-refractivity contribution in [2.45, 2.75) is 38.5 Å². The normalized spacial score (nSPS) is 18.7. The number of aromatic nitrogens is 1. The molecule has 1 fully saturated rings. The second kappa shape index (κ2) is 8.55. The average Bonchev–Trinajstić information content (AvgIpc) is 3.15. The van der Waals surface area contributed by atoms with Crippen LogP contribution in [0.2, 0.25) is 0 Å². The number of aryl methyl sites for hydroxylation is 2. The van der Waals surface area contributed by atoms with Crippen LogP contribution in [0, 0.1) is 25.2 Å². The molecule has 31 heavy (non-hydrogen) atoms. The summed E-state index contributed by atoms with van der Waals surface area (Å²) in [7, 11) is 3.34. The molecule has 1 aliphatic heterocycles. The van der Waals surface area contributed by atoms with E-state index in [1.165, 1.54) is 16.7 Å². The van der Waals surface area contributed by atoms with Crippen LogP contribution in [0.5, 0.6) is 0 Å². The van der Waals surface area contributed by atoms with E-state index in [-0.39, 0.29) is 23.5 Å². The van der Waals surface area contributed by atoms with Crippen LogP contribution in [-0.4, -0.2) is 43.6 Å². The fourth-order valence-corrected chi connectivity index (χ4v) is 4.00. The molecule has 1 amide bonds. The molecule has 0 saturated carbocycles. The Morgan fingerprint density at radius 3 is 2.61 bits per heavy atom. The quantitative estimate of drug-likeness (QED) is 0.803. The first-order chi connectivity index (χ1) is 14.6. The van der Waals surface area contributed by atoms with Crippen LogP contribution < -0.4 is 15.1 Å². The highest BCUT2D eigenvalue weighted by Gasteiger charge is 2.44. The Kier molecular flexibility index (Phi) is 6.23. The fraction of sp³-hybridized carbons (Fsp3) is 0.409. The molecular weight excluding hydrogens is 407 g/mol. The van der Waals surface area contributed by atoms with Gasteiger partial charge in [-0.2, -0.15) is 18.4 Å². The molecule has 0 bridgehead atoms. The summed E-state index contributed by atoms with van der Waals surface area (Å²) >= 11 is 0. The monoisotopic (exact) mass is 431 g/mol. The molecule has 2 atom stereocenters. The number of nitrogens with one attached hydrogen (secondary N) is 1. The molecule has 0 spiro atoms. The highest BCUT2D eigenvalue weighted by atomic mass is 19.4. The van der Waals surface area contributed by atoms with Gasteiger partial charge < -0.3 is 15.1 Å². The first-order valence-corrected chi connectivity index (χ1v) is 9.85. The number of hydrogen-bond donors (Lipinski definition) is 1. The van der Waals surface area contributed by atoms with Crippen molar-refractivity contribution in [1.82, 2.24) is 10.3 Å². The van der Waals surface area contributed by atoms with Gasteiger partial charge in [0.15, 0.2) is 0 Å². The zero-order valence-electron chi connectivity index (χ0n) is 17.8. The van der Waals surface area contributed by atoms with E-state index in [1.54, 1.807) is 26.2 Å². The summed E-state index contributed by atoms with van der Waals surface area (Å²) in [6, 6.07) is 8.82. The molecule has 0 radical (unpaired) electrons. The summed E-state index contributed by atoms with van der Waals surface area (Å²) in [4.78, 5) is 20.8. The Hall–Kier alpha value is -3.12. The highest BCUT2D eigenvalue weighted by Crippen LogP contribution is 2.38. The predicted molar refractivity (Wildman–Crippen MR) is 112 cm³/mol. The van der Waals surface area contributed by atoms with Crippen molar-refractivity contribution in [1.29, 1.82) is 5.26 Å². The van der Waals surface area contributed by atoms with E-state index in [1.807, 2.05) is 25.1 Å². The van der Waals surface area contributed by atoms with Crippen molar-refractivity contribution in [2.75, 3.05) is 30.4 Å². The number of rotatable bonds is 4. The molecule has 2 aromatic rings. The topological polar surface area (TPSA) is 72.3 Å². The van der Waals surface area contributed by atoms with E-state index in [2.05, 4.69) is 10.3 Å². The lowest BCUT2D eigenvalue weighted by Crippen LogP contribution is -2.52. The van der Waals surface area contributed by atoms with Crippen LogP contribution in [0.25, 0.3) is 0 Å². The number of nitriles is 1. The molecular formula is C22H24F3N5O. The van der Waals surface area contributed by atoms with E-state index in [4.69, 9.17) is 0 Å². The molecule has 2 heterocycles. The van der Waals surface area contributed by atoms with E-state index in [9.17, 15) is 23.2 Å². The Balaban J connectivity index is 2.08. The van der Waals surface area contributed by atoms with Gasteiger partial charge in [-0.3, -0.25) is 4.79 Å². The zero-order chi connectivity index (χ0) is 22.9. The SMILES string of the molecule is CN[C@@H]1CCN(c2nc(C)cc(C(F)(F)F)c2C#N)[C@@H]1C(=O)N(C)c1cccc(C)c1. The molecule has 1 aliphatic rings. The summed E-state index contributed by atoms with van der Waals surface area (Å²) in [6.45, 7) is 3.65. The van der Waals surface area contributed by atoms with Crippen LogP contribution in [0.15, 0.2) is 30.3 Å². The lowest BCUT2D eigenvalue weighted by Gasteiger charge is -2.32. The number of halogens is 3. The number of hydrogen-bond acceptors (Lipinski definition) is 5. The van der Waals surface area contributed by atoms with Gasteiger partial charge in [0.25, 0.3) is 5.91 Å². The van der Waals surface area contributed by atoms with Crippen LogP contribution in [0.4, 0.5) is 24.7 Å². The van der Waals surface area contributed by atoms with Crippen molar-refractivity contribution in [2.24, 2.45) is 0 Å². The van der Waals surface area contributed by atoms with Crippen molar-refractivity contribution < 1.29 is 18.0 Å². The van der Waals surface area contributed by atoms with E-state index in [0.717, 1.165) is 11.6 Å². The van der Waals surface area contributed by atoms with Gasteiger partial charge >= 0.3 is 6.18 Å². The molecule has 0 unspecified atom stereocenters. The Labute approximate surface area is 179 Å². The van der Waals surface area contributed by atoms with Gasteiger partial charge in [0.05, 0.1) is 5.56 Å². The lowest BCUT2D eigenvalue weighted by molar-refractivity contribution is -0.137. The number of carbonyl (C=O) groups is 1. The molecule has 6 nitrogen and oxygen atoms in total. The molecule has 0 aliphatic carbocycles. The third-order valence-electron chi connectivity index (χ3n) is 5.56. The molecule has 3 rings (SSSR count). The molecule has 1 saturated heterocycles. The standard InChI is InChI=1S/C22H24F3N5O/c1-13-6-5-7-15(10-13)29(4)21(31)19-18(27-3)8-9-30(19)20-16(12-26)17(22(23,24)25)11-14(2)28-20/h5-7,10-11,18-19,27H,8-9H2,1-4H3/t18-,19+/m1/s1. The summed E-state index contributed by atoms with van der Waals surface area (Å²) in [6.07, 6.45) is -4.18. The maximum absolute atomic E-state index is 13.6. The lowest BCUT2D eigenvalue weighted by atomic mass is 10.0. The summed E-state index contributed by atoms with van der Waals surface area (Å²) < 4.78 is 40.8. The number of likely N-dealkylation sites (N-methyl/N-ethyl adjacent to an activating group) is 2. The number of benzene rings is 1. The molecule has 1 N–H and O–H groups in total. The van der Waals surface area contributed by atoms with Crippen LogP contribution >= 0.6 is 0 Å². The average molecular weight is 431 g/mol. The van der Waals surface area contributed by atoms with Crippen LogP contribution in [0.3, 0.4) is 0 Å². The summed E-state index contributed by atoms with van der Waals surface area (Å²) in [5, 5.41) is 12.6. The van der Waals surface area contributed by atoms with Crippen molar-refractivity contribution in [3.8, 4) is 6.07 Å². The number of amides is 1. The van der Waals surface area contributed by atoms with Gasteiger partial charge in [-0.15, -0.1) is 0 Å². The Morgan fingerprint density at radius 2 is 2.03 bits per heavy atom. The summed E-state index contributed by atoms with van der Waals surface area (Å²) in [5.41, 5.74) is 0.190. The van der Waals surface area contributed by atoms with Gasteiger partial charge in [-0.1, -0.05) is 12.1 Å².